The summed E-state index contributed by atoms with van der Waals surface area (Å²) in [5.74, 6) is 0.656. The summed E-state index contributed by atoms with van der Waals surface area (Å²) in [6, 6.07) is 12.7. The maximum atomic E-state index is 12.0. The van der Waals surface area contributed by atoms with E-state index in [1.54, 1.807) is 32.4 Å². The molecule has 0 aliphatic rings. The highest BCUT2D eigenvalue weighted by atomic mass is 16.5. The van der Waals surface area contributed by atoms with Crippen molar-refractivity contribution in [3.8, 4) is 11.5 Å². The number of amides is 2. The Morgan fingerprint density at radius 2 is 1.68 bits per heavy atom. The van der Waals surface area contributed by atoms with E-state index in [-0.39, 0.29) is 18.2 Å². The smallest absolute Gasteiger partial charge is 0.269 e. The average molecular weight is 342 g/mol. The number of rotatable bonds is 6. The third kappa shape index (κ3) is 4.97. The summed E-state index contributed by atoms with van der Waals surface area (Å²) in [5.41, 5.74) is 7.19. The van der Waals surface area contributed by atoms with Crippen LogP contribution in [0.4, 0.5) is 0 Å². The van der Waals surface area contributed by atoms with Crippen LogP contribution in [0.25, 0.3) is 0 Å². The van der Waals surface area contributed by atoms with Crippen LogP contribution in [0.3, 0.4) is 0 Å². The summed E-state index contributed by atoms with van der Waals surface area (Å²) in [7, 11) is 3.14. The Morgan fingerprint density at radius 1 is 0.960 bits per heavy atom. The van der Waals surface area contributed by atoms with Gasteiger partial charge in [0.2, 0.25) is 5.91 Å². The number of hydrazine groups is 1. The molecule has 0 aromatic heterocycles. The second-order valence-electron chi connectivity index (χ2n) is 5.51. The van der Waals surface area contributed by atoms with Crippen LogP contribution in [0, 0.1) is 6.92 Å². The predicted octanol–water partition coefficient (Wildman–Crippen LogP) is 2.41. The van der Waals surface area contributed by atoms with Gasteiger partial charge in [-0.25, -0.2) is 0 Å². The first-order valence-electron chi connectivity index (χ1n) is 7.91. The molecule has 0 aliphatic carbocycles. The summed E-state index contributed by atoms with van der Waals surface area (Å²) in [5, 5.41) is 0. The van der Waals surface area contributed by atoms with E-state index in [0.717, 1.165) is 11.1 Å². The Morgan fingerprint density at radius 3 is 2.36 bits per heavy atom. The topological polar surface area (TPSA) is 76.7 Å². The third-order valence-electron chi connectivity index (χ3n) is 3.79. The van der Waals surface area contributed by atoms with Crippen molar-refractivity contribution in [3.05, 3.63) is 59.2 Å². The fourth-order valence-electron chi connectivity index (χ4n) is 2.38. The monoisotopic (exact) mass is 342 g/mol. The zero-order valence-electron chi connectivity index (χ0n) is 14.6. The third-order valence-corrected chi connectivity index (χ3v) is 3.79. The van der Waals surface area contributed by atoms with Gasteiger partial charge in [-0.2, -0.15) is 0 Å². The Bertz CT molecular complexity index is 759. The molecule has 0 bridgehead atoms. The fraction of sp³-hybridized carbons (Fsp3) is 0.263. The molecule has 0 fully saturated rings. The zero-order valence-corrected chi connectivity index (χ0v) is 14.6. The fourth-order valence-corrected chi connectivity index (χ4v) is 2.38. The van der Waals surface area contributed by atoms with Crippen molar-refractivity contribution in [1.29, 1.82) is 0 Å². The number of benzene rings is 2. The molecule has 0 saturated heterocycles. The van der Waals surface area contributed by atoms with Gasteiger partial charge in [-0.1, -0.05) is 24.3 Å². The molecule has 25 heavy (non-hydrogen) atoms. The van der Waals surface area contributed by atoms with Crippen LogP contribution in [-0.2, 0) is 11.2 Å². The summed E-state index contributed by atoms with van der Waals surface area (Å²) in [4.78, 5) is 24.0. The molecule has 0 heterocycles. The van der Waals surface area contributed by atoms with Crippen molar-refractivity contribution in [1.82, 2.24) is 10.9 Å². The maximum absolute atomic E-state index is 12.0. The number of hydrogen-bond donors (Lipinski definition) is 2. The van der Waals surface area contributed by atoms with Gasteiger partial charge >= 0.3 is 0 Å². The van der Waals surface area contributed by atoms with Crippen molar-refractivity contribution < 1.29 is 19.1 Å². The minimum Gasteiger partial charge on any atom is -0.493 e. The van der Waals surface area contributed by atoms with Crippen LogP contribution in [0.5, 0.6) is 11.5 Å². The highest BCUT2D eigenvalue weighted by Crippen LogP contribution is 2.27. The molecule has 2 aromatic rings. The lowest BCUT2D eigenvalue weighted by Crippen LogP contribution is -2.41. The Labute approximate surface area is 147 Å². The van der Waals surface area contributed by atoms with Crippen LogP contribution >= 0.6 is 0 Å². The van der Waals surface area contributed by atoms with Gasteiger partial charge in [-0.3, -0.25) is 20.4 Å². The van der Waals surface area contributed by atoms with Crippen molar-refractivity contribution in [2.45, 2.75) is 19.8 Å². The minimum atomic E-state index is -0.336. The largest absolute Gasteiger partial charge is 0.493 e. The zero-order chi connectivity index (χ0) is 18.2. The van der Waals surface area contributed by atoms with Crippen molar-refractivity contribution >= 4 is 11.8 Å². The minimum absolute atomic E-state index is 0.240. The van der Waals surface area contributed by atoms with Crippen molar-refractivity contribution in [3.63, 3.8) is 0 Å². The van der Waals surface area contributed by atoms with E-state index in [2.05, 4.69) is 10.9 Å². The number of methoxy groups -OCH3 is 2. The number of carbonyl (C=O) groups is 2. The lowest BCUT2D eigenvalue weighted by molar-refractivity contribution is -0.121. The SMILES string of the molecule is COc1ccc(CCC(=O)NNC(=O)c2ccccc2C)cc1OC. The molecule has 132 valence electrons. The predicted molar refractivity (Wildman–Crippen MR) is 94.7 cm³/mol. The number of aryl methyl sites for hydroxylation is 2. The molecule has 0 unspecified atom stereocenters. The molecule has 2 rings (SSSR count). The molecule has 0 saturated carbocycles. The highest BCUT2D eigenvalue weighted by molar-refractivity contribution is 5.96. The lowest BCUT2D eigenvalue weighted by Gasteiger charge is -2.10. The van der Waals surface area contributed by atoms with Gasteiger partial charge in [0.05, 0.1) is 14.2 Å². The van der Waals surface area contributed by atoms with Crippen LogP contribution in [0.1, 0.15) is 27.9 Å². The first kappa shape index (κ1) is 18.3. The molecule has 2 amide bonds. The molecule has 0 atom stereocenters. The van der Waals surface area contributed by atoms with E-state index in [9.17, 15) is 9.59 Å². The average Bonchev–Trinajstić information content (AvgIpc) is 2.64. The van der Waals surface area contributed by atoms with Crippen LogP contribution < -0.4 is 20.3 Å². The second-order valence-corrected chi connectivity index (χ2v) is 5.51. The number of ether oxygens (including phenoxy) is 2. The Hall–Kier alpha value is -3.02. The normalized spacial score (nSPS) is 10.0. The Balaban J connectivity index is 1.85. The number of hydrogen-bond acceptors (Lipinski definition) is 4. The summed E-state index contributed by atoms with van der Waals surface area (Å²) in [6.45, 7) is 1.84. The molecule has 2 aromatic carbocycles. The lowest BCUT2D eigenvalue weighted by atomic mass is 10.1. The van der Waals surface area contributed by atoms with E-state index < -0.39 is 0 Å². The highest BCUT2D eigenvalue weighted by Gasteiger charge is 2.10. The van der Waals surface area contributed by atoms with Crippen molar-refractivity contribution in [2.24, 2.45) is 0 Å². The summed E-state index contributed by atoms with van der Waals surface area (Å²) in [6.07, 6.45) is 0.760. The van der Waals surface area contributed by atoms with E-state index in [4.69, 9.17) is 9.47 Å². The molecular weight excluding hydrogens is 320 g/mol. The van der Waals surface area contributed by atoms with Gasteiger partial charge in [-0.05, 0) is 42.7 Å². The quantitative estimate of drug-likeness (QED) is 0.791. The van der Waals surface area contributed by atoms with Crippen LogP contribution in [-0.4, -0.2) is 26.0 Å². The van der Waals surface area contributed by atoms with Crippen LogP contribution in [0.2, 0.25) is 0 Å². The molecule has 0 radical (unpaired) electrons. The molecule has 0 aliphatic heterocycles. The van der Waals surface area contributed by atoms with Gasteiger partial charge < -0.3 is 9.47 Å². The van der Waals surface area contributed by atoms with Gasteiger partial charge in [0.15, 0.2) is 11.5 Å². The molecule has 0 spiro atoms. The second kappa shape index (κ2) is 8.73. The number of carbonyl (C=O) groups excluding carboxylic acids is 2. The first-order valence-corrected chi connectivity index (χ1v) is 7.91. The summed E-state index contributed by atoms with van der Waals surface area (Å²) < 4.78 is 10.4. The van der Waals surface area contributed by atoms with Gasteiger partial charge in [-0.15, -0.1) is 0 Å². The molecule has 6 heteroatoms. The first-order chi connectivity index (χ1) is 12.0. The molecule has 6 nitrogen and oxygen atoms in total. The Kier molecular flexibility index (Phi) is 6.39. The summed E-state index contributed by atoms with van der Waals surface area (Å²) >= 11 is 0. The van der Waals surface area contributed by atoms with E-state index in [1.807, 2.05) is 31.2 Å². The standard InChI is InChI=1S/C19H22N2O4/c1-13-6-4-5-7-15(13)19(23)21-20-18(22)11-9-14-8-10-16(24-2)17(12-14)25-3/h4-8,10,12H,9,11H2,1-3H3,(H,20,22)(H,21,23). The van der Waals surface area contributed by atoms with E-state index in [1.165, 1.54) is 0 Å². The van der Waals surface area contributed by atoms with Crippen molar-refractivity contribution in [2.75, 3.05) is 14.2 Å². The molecule has 2 N–H and O–H groups in total. The van der Waals surface area contributed by atoms with Crippen LogP contribution in [0.15, 0.2) is 42.5 Å². The van der Waals surface area contributed by atoms with Gasteiger partial charge in [0.1, 0.15) is 0 Å². The molecular formula is C19H22N2O4. The van der Waals surface area contributed by atoms with E-state index >= 15 is 0 Å². The van der Waals surface area contributed by atoms with Gasteiger partial charge in [0.25, 0.3) is 5.91 Å². The van der Waals surface area contributed by atoms with Gasteiger partial charge in [0, 0.05) is 12.0 Å². The van der Waals surface area contributed by atoms with E-state index in [0.29, 0.717) is 23.5 Å². The maximum Gasteiger partial charge on any atom is 0.269 e. The number of nitrogens with one attached hydrogen (secondary N) is 2.